The fourth-order valence-electron chi connectivity index (χ4n) is 2.69. The van der Waals surface area contributed by atoms with E-state index in [4.69, 9.17) is 9.47 Å². The van der Waals surface area contributed by atoms with Crippen molar-refractivity contribution in [2.75, 3.05) is 13.7 Å². The number of nitrogens with zero attached hydrogens (tertiary/aromatic N) is 1. The summed E-state index contributed by atoms with van der Waals surface area (Å²) in [6, 6.07) is 26.1. The van der Waals surface area contributed by atoms with Crippen LogP contribution in [0.2, 0.25) is 0 Å². The van der Waals surface area contributed by atoms with E-state index in [1.165, 1.54) is 4.90 Å². The lowest BCUT2D eigenvalue weighted by molar-refractivity contribution is -0.133. The molecule has 148 valence electrons. The second-order valence-electron chi connectivity index (χ2n) is 6.61. The van der Waals surface area contributed by atoms with Gasteiger partial charge >= 0.3 is 5.97 Å². The number of ether oxygens (including phenoxy) is 2. The van der Waals surface area contributed by atoms with E-state index in [1.54, 1.807) is 19.2 Å². The molecule has 3 aromatic carbocycles. The molecule has 0 N–H and O–H groups in total. The normalized spacial score (nSPS) is 10.2. The molecule has 0 aliphatic heterocycles. The van der Waals surface area contributed by atoms with E-state index in [0.717, 1.165) is 16.9 Å². The highest BCUT2D eigenvalue weighted by Gasteiger charge is 2.14. The molecule has 0 aromatic heterocycles. The Balaban J connectivity index is 1.45. The Bertz CT molecular complexity index is 924. The van der Waals surface area contributed by atoms with Gasteiger partial charge in [0.1, 0.15) is 12.4 Å². The van der Waals surface area contributed by atoms with Crippen molar-refractivity contribution in [3.63, 3.8) is 0 Å². The highest BCUT2D eigenvalue weighted by atomic mass is 16.5. The van der Waals surface area contributed by atoms with Crippen LogP contribution in [-0.4, -0.2) is 30.4 Å². The number of esters is 1. The molecule has 29 heavy (non-hydrogen) atoms. The van der Waals surface area contributed by atoms with Gasteiger partial charge in [-0.1, -0.05) is 60.7 Å². The standard InChI is InChI=1S/C24H23NO4/c1-25(16-19-8-4-2-5-9-19)23(26)18-29-24(27)21-14-12-20(13-15-21)17-28-22-10-6-3-7-11-22/h2-15H,16-18H2,1H3. The van der Waals surface area contributed by atoms with Crippen LogP contribution in [0.15, 0.2) is 84.9 Å². The molecule has 0 aliphatic rings. The van der Waals surface area contributed by atoms with E-state index < -0.39 is 5.97 Å². The minimum Gasteiger partial charge on any atom is -0.489 e. The van der Waals surface area contributed by atoms with Crippen LogP contribution in [0.25, 0.3) is 0 Å². The monoisotopic (exact) mass is 389 g/mol. The summed E-state index contributed by atoms with van der Waals surface area (Å²) < 4.78 is 10.8. The van der Waals surface area contributed by atoms with Gasteiger partial charge in [-0.05, 0) is 35.4 Å². The number of para-hydroxylation sites is 1. The number of carbonyl (C=O) groups is 2. The second kappa shape index (κ2) is 10.1. The third-order valence-electron chi connectivity index (χ3n) is 4.35. The van der Waals surface area contributed by atoms with Crippen molar-refractivity contribution < 1.29 is 19.1 Å². The minimum absolute atomic E-state index is 0.255. The molecule has 0 aliphatic carbocycles. The smallest absolute Gasteiger partial charge is 0.338 e. The highest BCUT2D eigenvalue weighted by molar-refractivity contribution is 5.91. The zero-order chi connectivity index (χ0) is 20.5. The molecule has 0 spiro atoms. The lowest BCUT2D eigenvalue weighted by atomic mass is 10.1. The Kier molecular flexibility index (Phi) is 7.00. The van der Waals surface area contributed by atoms with Crippen LogP contribution in [-0.2, 0) is 22.7 Å². The first-order valence-corrected chi connectivity index (χ1v) is 9.33. The first-order chi connectivity index (χ1) is 14.1. The number of hydrogen-bond donors (Lipinski definition) is 0. The van der Waals surface area contributed by atoms with E-state index in [9.17, 15) is 9.59 Å². The molecule has 0 saturated carbocycles. The average Bonchev–Trinajstić information content (AvgIpc) is 2.77. The van der Waals surface area contributed by atoms with Crippen LogP contribution in [0.5, 0.6) is 5.75 Å². The molecule has 5 heteroatoms. The van der Waals surface area contributed by atoms with Crippen LogP contribution < -0.4 is 4.74 Å². The predicted octanol–water partition coefficient (Wildman–Crippen LogP) is 4.08. The molecule has 3 aromatic rings. The summed E-state index contributed by atoms with van der Waals surface area (Å²) in [6.07, 6.45) is 0. The zero-order valence-corrected chi connectivity index (χ0v) is 16.3. The summed E-state index contributed by atoms with van der Waals surface area (Å²) in [5.41, 5.74) is 2.35. The van der Waals surface area contributed by atoms with E-state index in [2.05, 4.69) is 0 Å². The van der Waals surface area contributed by atoms with E-state index in [1.807, 2.05) is 72.8 Å². The quantitative estimate of drug-likeness (QED) is 0.545. The lowest BCUT2D eigenvalue weighted by Crippen LogP contribution is -2.30. The first-order valence-electron chi connectivity index (χ1n) is 9.33. The molecular formula is C24H23NO4. The first kappa shape index (κ1) is 20.1. The summed E-state index contributed by atoms with van der Waals surface area (Å²) in [4.78, 5) is 25.9. The molecule has 0 bridgehead atoms. The van der Waals surface area contributed by atoms with Crippen molar-refractivity contribution in [3.8, 4) is 5.75 Å². The summed E-state index contributed by atoms with van der Waals surface area (Å²) in [5.74, 6) is 0.00574. The van der Waals surface area contributed by atoms with Crippen molar-refractivity contribution in [3.05, 3.63) is 102 Å². The number of hydrogen-bond acceptors (Lipinski definition) is 4. The fraction of sp³-hybridized carbons (Fsp3) is 0.167. The number of likely N-dealkylation sites (N-methyl/N-ethyl adjacent to an activating group) is 1. The fourth-order valence-corrected chi connectivity index (χ4v) is 2.69. The molecule has 0 atom stereocenters. The third-order valence-corrected chi connectivity index (χ3v) is 4.35. The Morgan fingerprint density at radius 1 is 0.793 bits per heavy atom. The van der Waals surface area contributed by atoms with E-state index in [0.29, 0.717) is 18.7 Å². The third kappa shape index (κ3) is 6.21. The molecule has 5 nitrogen and oxygen atoms in total. The van der Waals surface area contributed by atoms with E-state index >= 15 is 0 Å². The average molecular weight is 389 g/mol. The SMILES string of the molecule is CN(Cc1ccccc1)C(=O)COC(=O)c1ccc(COc2ccccc2)cc1. The molecule has 0 fully saturated rings. The number of benzene rings is 3. The van der Waals surface area contributed by atoms with Gasteiger partial charge in [-0.15, -0.1) is 0 Å². The molecule has 1 amide bonds. The van der Waals surface area contributed by atoms with Crippen molar-refractivity contribution in [2.45, 2.75) is 13.2 Å². The second-order valence-corrected chi connectivity index (χ2v) is 6.61. The number of rotatable bonds is 8. The van der Waals surface area contributed by atoms with Gasteiger partial charge in [-0.2, -0.15) is 0 Å². The number of amides is 1. The van der Waals surface area contributed by atoms with Crippen LogP contribution >= 0.6 is 0 Å². The van der Waals surface area contributed by atoms with Crippen LogP contribution in [0.1, 0.15) is 21.5 Å². The Morgan fingerprint density at radius 3 is 2.07 bits per heavy atom. The summed E-state index contributed by atoms with van der Waals surface area (Å²) in [7, 11) is 1.69. The lowest BCUT2D eigenvalue weighted by Gasteiger charge is -2.17. The van der Waals surface area contributed by atoms with Gasteiger partial charge in [-0.25, -0.2) is 4.79 Å². The van der Waals surface area contributed by atoms with Gasteiger partial charge < -0.3 is 14.4 Å². The van der Waals surface area contributed by atoms with Crippen LogP contribution in [0.4, 0.5) is 0 Å². The van der Waals surface area contributed by atoms with Crippen LogP contribution in [0, 0.1) is 0 Å². The Labute approximate surface area is 170 Å². The molecule has 0 saturated heterocycles. The maximum atomic E-state index is 12.2. The van der Waals surface area contributed by atoms with Crippen molar-refractivity contribution in [1.29, 1.82) is 0 Å². The molecule has 3 rings (SSSR count). The van der Waals surface area contributed by atoms with Crippen molar-refractivity contribution in [2.24, 2.45) is 0 Å². The molecular weight excluding hydrogens is 366 g/mol. The number of carbonyl (C=O) groups excluding carboxylic acids is 2. The maximum Gasteiger partial charge on any atom is 0.338 e. The summed E-state index contributed by atoms with van der Waals surface area (Å²) in [6.45, 7) is 0.580. The van der Waals surface area contributed by atoms with Crippen molar-refractivity contribution in [1.82, 2.24) is 4.90 Å². The highest BCUT2D eigenvalue weighted by Crippen LogP contribution is 2.13. The molecule has 0 radical (unpaired) electrons. The van der Waals surface area contributed by atoms with Gasteiger partial charge in [0.25, 0.3) is 5.91 Å². The molecule has 0 heterocycles. The minimum atomic E-state index is -0.526. The van der Waals surface area contributed by atoms with Crippen molar-refractivity contribution >= 4 is 11.9 Å². The largest absolute Gasteiger partial charge is 0.489 e. The molecule has 0 unspecified atom stereocenters. The maximum absolute atomic E-state index is 12.2. The summed E-state index contributed by atoms with van der Waals surface area (Å²) >= 11 is 0. The van der Waals surface area contributed by atoms with Gasteiger partial charge in [0.15, 0.2) is 6.61 Å². The summed E-state index contributed by atoms with van der Waals surface area (Å²) in [5, 5.41) is 0. The predicted molar refractivity (Wildman–Crippen MR) is 110 cm³/mol. The van der Waals surface area contributed by atoms with E-state index in [-0.39, 0.29) is 12.5 Å². The van der Waals surface area contributed by atoms with Crippen LogP contribution in [0.3, 0.4) is 0 Å². The Morgan fingerprint density at radius 2 is 1.41 bits per heavy atom. The topological polar surface area (TPSA) is 55.8 Å². The van der Waals surface area contributed by atoms with Gasteiger partial charge in [-0.3, -0.25) is 4.79 Å². The zero-order valence-electron chi connectivity index (χ0n) is 16.3. The van der Waals surface area contributed by atoms with Gasteiger partial charge in [0, 0.05) is 13.6 Å². The van der Waals surface area contributed by atoms with Gasteiger partial charge in [0.05, 0.1) is 5.56 Å². The Hall–Kier alpha value is -3.60. The van der Waals surface area contributed by atoms with Gasteiger partial charge in [0.2, 0.25) is 0 Å².